The Bertz CT molecular complexity index is 479. The molecule has 96 valence electrons. The molecule has 1 fully saturated rings. The van der Waals surface area contributed by atoms with Gasteiger partial charge in [-0.05, 0) is 19.1 Å². The highest BCUT2D eigenvalue weighted by Crippen LogP contribution is 2.34. The van der Waals surface area contributed by atoms with Crippen molar-refractivity contribution in [1.29, 1.82) is 0 Å². The molecule has 0 bridgehead atoms. The third kappa shape index (κ3) is 2.00. The van der Waals surface area contributed by atoms with E-state index in [2.05, 4.69) is 21.5 Å². The molecule has 0 spiro atoms. The zero-order chi connectivity index (χ0) is 12.5. The number of urea groups is 1. The van der Waals surface area contributed by atoms with Crippen molar-refractivity contribution in [1.82, 2.24) is 16.2 Å². The monoisotopic (exact) mass is 250 g/mol. The quantitative estimate of drug-likeness (QED) is 0.609. The smallest absolute Gasteiger partial charge is 0.330 e. The summed E-state index contributed by atoms with van der Waals surface area (Å²) in [6.45, 7) is 2.21. The number of carbonyl (C=O) groups excluding carboxylic acids is 1. The van der Waals surface area contributed by atoms with E-state index in [4.69, 9.17) is 9.47 Å². The molecular formula is C11H14N4O3. The molecular weight excluding hydrogens is 236 g/mol. The van der Waals surface area contributed by atoms with Crippen LogP contribution < -0.4 is 31.0 Å². The van der Waals surface area contributed by atoms with Gasteiger partial charge in [-0.25, -0.2) is 10.2 Å². The third-order valence-electron chi connectivity index (χ3n) is 2.89. The largest absolute Gasteiger partial charge is 0.454 e. The standard InChI is InChI=1S/C11H14N4O3/c1-6-10(13-11(16)15-14-6)12-7-2-3-8-9(4-7)18-5-17-8/h2-4,6,10,12,14H,5H2,1H3,(H2,13,15,16). The molecule has 0 aliphatic carbocycles. The molecule has 7 heteroatoms. The summed E-state index contributed by atoms with van der Waals surface area (Å²) in [7, 11) is 0. The minimum absolute atomic E-state index is 0.0492. The normalized spacial score (nSPS) is 25.3. The number of amides is 2. The van der Waals surface area contributed by atoms with Gasteiger partial charge in [0.1, 0.15) is 6.17 Å². The molecule has 4 N–H and O–H groups in total. The van der Waals surface area contributed by atoms with E-state index in [0.717, 1.165) is 11.4 Å². The van der Waals surface area contributed by atoms with Gasteiger partial charge in [0, 0.05) is 11.8 Å². The highest BCUT2D eigenvalue weighted by molar-refractivity contribution is 5.75. The van der Waals surface area contributed by atoms with Crippen LogP contribution in [0.3, 0.4) is 0 Å². The molecule has 1 aromatic rings. The van der Waals surface area contributed by atoms with Crippen molar-refractivity contribution in [3.05, 3.63) is 18.2 Å². The molecule has 0 saturated carbocycles. The average molecular weight is 250 g/mol. The van der Waals surface area contributed by atoms with Crippen molar-refractivity contribution < 1.29 is 14.3 Å². The van der Waals surface area contributed by atoms with Crippen LogP contribution in [0, 0.1) is 0 Å². The minimum atomic E-state index is -0.258. The number of fused-ring (bicyclic) bond motifs is 1. The van der Waals surface area contributed by atoms with Crippen LogP contribution in [0.5, 0.6) is 11.5 Å². The lowest BCUT2D eigenvalue weighted by Crippen LogP contribution is -2.65. The van der Waals surface area contributed by atoms with E-state index in [1.54, 1.807) is 0 Å². The molecule has 2 aliphatic heterocycles. The lowest BCUT2D eigenvalue weighted by molar-refractivity contribution is 0.174. The second kappa shape index (κ2) is 4.26. The van der Waals surface area contributed by atoms with Gasteiger partial charge in [0.2, 0.25) is 6.79 Å². The molecule has 2 unspecified atom stereocenters. The molecule has 2 aliphatic rings. The van der Waals surface area contributed by atoms with Gasteiger partial charge in [0.25, 0.3) is 0 Å². The van der Waals surface area contributed by atoms with E-state index < -0.39 is 0 Å². The van der Waals surface area contributed by atoms with Crippen molar-refractivity contribution in [2.24, 2.45) is 0 Å². The molecule has 0 aromatic heterocycles. The number of hydrogen-bond donors (Lipinski definition) is 4. The molecule has 3 rings (SSSR count). The first-order valence-corrected chi connectivity index (χ1v) is 5.70. The molecule has 0 radical (unpaired) electrons. The summed E-state index contributed by atoms with van der Waals surface area (Å²) in [6, 6.07) is 5.36. The maximum atomic E-state index is 11.2. The lowest BCUT2D eigenvalue weighted by Gasteiger charge is -2.32. The van der Waals surface area contributed by atoms with Gasteiger partial charge in [-0.1, -0.05) is 0 Å². The summed E-state index contributed by atoms with van der Waals surface area (Å²) in [5.74, 6) is 1.45. The summed E-state index contributed by atoms with van der Waals surface area (Å²) in [5.41, 5.74) is 6.24. The summed E-state index contributed by atoms with van der Waals surface area (Å²) < 4.78 is 10.5. The van der Waals surface area contributed by atoms with Gasteiger partial charge in [-0.15, -0.1) is 0 Å². The molecule has 1 aromatic carbocycles. The van der Waals surface area contributed by atoms with Crippen molar-refractivity contribution in [3.63, 3.8) is 0 Å². The second-order valence-corrected chi connectivity index (χ2v) is 4.22. The summed E-state index contributed by atoms with van der Waals surface area (Å²) in [4.78, 5) is 11.2. The van der Waals surface area contributed by atoms with Crippen LogP contribution in [0.2, 0.25) is 0 Å². The molecule has 2 atom stereocenters. The Kier molecular flexibility index (Phi) is 2.60. The minimum Gasteiger partial charge on any atom is -0.454 e. The number of benzene rings is 1. The number of hydrazine groups is 1. The first kappa shape index (κ1) is 11.0. The fourth-order valence-corrected chi connectivity index (χ4v) is 1.89. The van der Waals surface area contributed by atoms with E-state index in [1.165, 1.54) is 0 Å². The average Bonchev–Trinajstić information content (AvgIpc) is 2.81. The van der Waals surface area contributed by atoms with E-state index in [1.807, 2.05) is 25.1 Å². The predicted molar refractivity (Wildman–Crippen MR) is 64.2 cm³/mol. The van der Waals surface area contributed by atoms with Gasteiger partial charge >= 0.3 is 6.03 Å². The summed E-state index contributed by atoms with van der Waals surface area (Å²) >= 11 is 0. The topological polar surface area (TPSA) is 83.7 Å². The highest BCUT2D eigenvalue weighted by Gasteiger charge is 2.24. The van der Waals surface area contributed by atoms with Crippen LogP contribution >= 0.6 is 0 Å². The Morgan fingerprint density at radius 1 is 1.33 bits per heavy atom. The van der Waals surface area contributed by atoms with Crippen LogP contribution in [-0.2, 0) is 0 Å². The Hall–Kier alpha value is -2.15. The number of nitrogens with one attached hydrogen (secondary N) is 4. The Morgan fingerprint density at radius 3 is 3.06 bits per heavy atom. The van der Waals surface area contributed by atoms with Gasteiger partial charge in [0.15, 0.2) is 11.5 Å². The zero-order valence-electron chi connectivity index (χ0n) is 9.82. The summed E-state index contributed by atoms with van der Waals surface area (Å²) in [5, 5.41) is 6.01. The van der Waals surface area contributed by atoms with Crippen molar-refractivity contribution >= 4 is 11.7 Å². The second-order valence-electron chi connectivity index (χ2n) is 4.22. The van der Waals surface area contributed by atoms with Crippen LogP contribution in [0.25, 0.3) is 0 Å². The Balaban J connectivity index is 1.73. The van der Waals surface area contributed by atoms with Crippen molar-refractivity contribution in [2.45, 2.75) is 19.1 Å². The number of carbonyl (C=O) groups is 1. The zero-order valence-corrected chi connectivity index (χ0v) is 9.82. The molecule has 2 heterocycles. The van der Waals surface area contributed by atoms with Crippen molar-refractivity contribution in [2.75, 3.05) is 12.1 Å². The third-order valence-corrected chi connectivity index (χ3v) is 2.89. The molecule has 7 nitrogen and oxygen atoms in total. The first-order chi connectivity index (χ1) is 8.72. The van der Waals surface area contributed by atoms with Gasteiger partial charge in [-0.3, -0.25) is 5.43 Å². The Morgan fingerprint density at radius 2 is 2.17 bits per heavy atom. The predicted octanol–water partition coefficient (Wildman–Crippen LogP) is 0.359. The number of hydrogen-bond acceptors (Lipinski definition) is 5. The molecule has 18 heavy (non-hydrogen) atoms. The van der Waals surface area contributed by atoms with E-state index in [0.29, 0.717) is 5.75 Å². The number of ether oxygens (including phenoxy) is 2. The SMILES string of the molecule is CC1NNC(=O)NC1Nc1ccc2c(c1)OCO2. The number of rotatable bonds is 2. The van der Waals surface area contributed by atoms with Gasteiger partial charge < -0.3 is 20.1 Å². The van der Waals surface area contributed by atoms with E-state index >= 15 is 0 Å². The fraction of sp³-hybridized carbons (Fsp3) is 0.364. The summed E-state index contributed by atoms with van der Waals surface area (Å²) in [6.07, 6.45) is -0.195. The number of anilines is 1. The van der Waals surface area contributed by atoms with Crippen LogP contribution in [0.15, 0.2) is 18.2 Å². The fourth-order valence-electron chi connectivity index (χ4n) is 1.89. The van der Waals surface area contributed by atoms with Crippen LogP contribution in [-0.4, -0.2) is 25.0 Å². The lowest BCUT2D eigenvalue weighted by atomic mass is 10.2. The molecule has 2 amide bonds. The van der Waals surface area contributed by atoms with Crippen LogP contribution in [0.1, 0.15) is 6.92 Å². The maximum absolute atomic E-state index is 11.2. The van der Waals surface area contributed by atoms with Gasteiger partial charge in [-0.2, -0.15) is 0 Å². The van der Waals surface area contributed by atoms with Crippen molar-refractivity contribution in [3.8, 4) is 11.5 Å². The van der Waals surface area contributed by atoms with E-state index in [9.17, 15) is 4.79 Å². The molecule has 1 saturated heterocycles. The Labute approximate surface area is 104 Å². The first-order valence-electron chi connectivity index (χ1n) is 5.70. The van der Waals surface area contributed by atoms with E-state index in [-0.39, 0.29) is 25.0 Å². The maximum Gasteiger partial charge on any atom is 0.330 e. The van der Waals surface area contributed by atoms with Crippen LogP contribution in [0.4, 0.5) is 10.5 Å². The highest BCUT2D eigenvalue weighted by atomic mass is 16.7. The van der Waals surface area contributed by atoms with Gasteiger partial charge in [0.05, 0.1) is 6.04 Å².